The molecule has 1 amide bonds. The zero-order valence-electron chi connectivity index (χ0n) is 23.1. The predicted octanol–water partition coefficient (Wildman–Crippen LogP) is 5.40. The van der Waals surface area contributed by atoms with Crippen molar-refractivity contribution in [1.29, 1.82) is 0 Å². The quantitative estimate of drug-likeness (QED) is 0.337. The third-order valence-electron chi connectivity index (χ3n) is 7.86. The fourth-order valence-electron chi connectivity index (χ4n) is 5.64. The van der Waals surface area contributed by atoms with Gasteiger partial charge in [0.25, 0.3) is 11.5 Å². The van der Waals surface area contributed by atoms with E-state index in [0.717, 1.165) is 49.5 Å². The number of pyridine rings is 1. The molecule has 6 heteroatoms. The van der Waals surface area contributed by atoms with Crippen molar-refractivity contribution in [3.8, 4) is 5.69 Å². The standard InChI is InChI=1S/C33H38N4O2/c1-4-29(25-13-7-5-8-14-25)34-32(38)31-27-17-11-12-18-28(27)33(39)37(26-15-9-6-10-16-26)30(31)23-35-19-21-36(22-20-35)24(2)3/h5-18,24,29H,4,19-23H2,1-3H3,(H,34,38)/t29-/m0/s1. The number of para-hydroxylation sites is 1. The number of hydrogen-bond donors (Lipinski definition) is 1. The number of aromatic nitrogens is 1. The fraction of sp³-hybridized carbons (Fsp3) is 0.333. The van der Waals surface area contributed by atoms with Crippen LogP contribution in [0.1, 0.15) is 54.8 Å². The zero-order chi connectivity index (χ0) is 27.4. The Kier molecular flexibility index (Phi) is 8.24. The highest BCUT2D eigenvalue weighted by Gasteiger charge is 2.27. The maximum Gasteiger partial charge on any atom is 0.263 e. The van der Waals surface area contributed by atoms with Crippen LogP contribution in [0.2, 0.25) is 0 Å². The smallest absolute Gasteiger partial charge is 0.263 e. The van der Waals surface area contributed by atoms with Crippen molar-refractivity contribution in [2.24, 2.45) is 0 Å². The summed E-state index contributed by atoms with van der Waals surface area (Å²) in [5.74, 6) is -0.151. The van der Waals surface area contributed by atoms with Gasteiger partial charge >= 0.3 is 0 Å². The lowest BCUT2D eigenvalue weighted by Gasteiger charge is -2.37. The summed E-state index contributed by atoms with van der Waals surface area (Å²) < 4.78 is 1.76. The molecular weight excluding hydrogens is 484 g/mol. The molecule has 1 aromatic heterocycles. The summed E-state index contributed by atoms with van der Waals surface area (Å²) in [5.41, 5.74) is 3.06. The summed E-state index contributed by atoms with van der Waals surface area (Å²) in [6, 6.07) is 27.7. The Bertz CT molecular complexity index is 1470. The van der Waals surface area contributed by atoms with Crippen LogP contribution in [0, 0.1) is 0 Å². The van der Waals surface area contributed by atoms with Gasteiger partial charge in [-0.05, 0) is 44.0 Å². The summed E-state index contributed by atoms with van der Waals surface area (Å²) in [4.78, 5) is 33.1. The van der Waals surface area contributed by atoms with Gasteiger partial charge in [-0.3, -0.25) is 24.0 Å². The third kappa shape index (κ3) is 5.68. The Hall–Kier alpha value is -3.74. The van der Waals surface area contributed by atoms with Gasteiger partial charge in [-0.1, -0.05) is 73.7 Å². The molecule has 0 bridgehead atoms. The van der Waals surface area contributed by atoms with Crippen LogP contribution in [0.5, 0.6) is 0 Å². The SMILES string of the molecule is CC[C@H](NC(=O)c1c(CN2CCN(C(C)C)CC2)n(-c2ccccc2)c(=O)c2ccccc12)c1ccccc1. The lowest BCUT2D eigenvalue weighted by molar-refractivity contribution is 0.0923. The van der Waals surface area contributed by atoms with Gasteiger partial charge in [-0.25, -0.2) is 0 Å². The zero-order valence-corrected chi connectivity index (χ0v) is 23.1. The first-order valence-corrected chi connectivity index (χ1v) is 14.0. The first-order chi connectivity index (χ1) is 19.0. The van der Waals surface area contributed by atoms with Gasteiger partial charge in [0.1, 0.15) is 0 Å². The summed E-state index contributed by atoms with van der Waals surface area (Å²) in [6.07, 6.45) is 0.762. The molecule has 1 aliphatic heterocycles. The van der Waals surface area contributed by atoms with Crippen molar-refractivity contribution >= 4 is 16.7 Å². The Labute approximate surface area is 230 Å². The molecule has 6 nitrogen and oxygen atoms in total. The van der Waals surface area contributed by atoms with Crippen molar-refractivity contribution < 1.29 is 4.79 Å². The normalized spacial score (nSPS) is 15.5. The number of hydrogen-bond acceptors (Lipinski definition) is 4. The minimum Gasteiger partial charge on any atom is -0.345 e. The van der Waals surface area contributed by atoms with E-state index in [2.05, 4.69) is 35.9 Å². The molecule has 1 atom stereocenters. The molecule has 2 heterocycles. The maximum absolute atomic E-state index is 14.2. The highest BCUT2D eigenvalue weighted by Crippen LogP contribution is 2.26. The molecule has 1 saturated heterocycles. The van der Waals surface area contributed by atoms with Crippen molar-refractivity contribution in [2.75, 3.05) is 26.2 Å². The molecule has 3 aromatic carbocycles. The van der Waals surface area contributed by atoms with Crippen LogP contribution < -0.4 is 10.9 Å². The van der Waals surface area contributed by atoms with Gasteiger partial charge in [0.15, 0.2) is 0 Å². The molecule has 1 aliphatic rings. The van der Waals surface area contributed by atoms with Crippen LogP contribution in [0.15, 0.2) is 89.7 Å². The van der Waals surface area contributed by atoms with E-state index < -0.39 is 0 Å². The van der Waals surface area contributed by atoms with Crippen molar-refractivity contribution in [2.45, 2.75) is 45.8 Å². The molecule has 1 fully saturated rings. The Morgan fingerprint density at radius 3 is 2.03 bits per heavy atom. The Morgan fingerprint density at radius 1 is 0.821 bits per heavy atom. The molecule has 0 aliphatic carbocycles. The topological polar surface area (TPSA) is 57.6 Å². The van der Waals surface area contributed by atoms with Gasteiger partial charge < -0.3 is 5.32 Å². The van der Waals surface area contributed by atoms with Crippen molar-refractivity contribution in [1.82, 2.24) is 19.7 Å². The molecule has 0 unspecified atom stereocenters. The Balaban J connectivity index is 1.65. The van der Waals surface area contributed by atoms with Gasteiger partial charge in [-0.15, -0.1) is 0 Å². The highest BCUT2D eigenvalue weighted by atomic mass is 16.2. The number of nitrogens with zero attached hydrogens (tertiary/aromatic N) is 3. The number of fused-ring (bicyclic) bond motifs is 1. The van der Waals surface area contributed by atoms with Gasteiger partial charge in [0.05, 0.1) is 17.3 Å². The predicted molar refractivity (Wildman–Crippen MR) is 158 cm³/mol. The first kappa shape index (κ1) is 26.9. The summed E-state index contributed by atoms with van der Waals surface area (Å²) in [6.45, 7) is 10.8. The van der Waals surface area contributed by atoms with E-state index in [1.54, 1.807) is 4.57 Å². The monoisotopic (exact) mass is 522 g/mol. The second-order valence-electron chi connectivity index (χ2n) is 10.6. The lowest BCUT2D eigenvalue weighted by Crippen LogP contribution is -2.49. The van der Waals surface area contributed by atoms with Gasteiger partial charge in [0, 0.05) is 55.2 Å². The number of carbonyl (C=O) groups excluding carboxylic acids is 1. The van der Waals surface area contributed by atoms with E-state index in [-0.39, 0.29) is 17.5 Å². The molecule has 202 valence electrons. The summed E-state index contributed by atoms with van der Waals surface area (Å²) >= 11 is 0. The molecular formula is C33H38N4O2. The van der Waals surface area contributed by atoms with Crippen LogP contribution in [-0.4, -0.2) is 52.5 Å². The van der Waals surface area contributed by atoms with Crippen LogP contribution in [0.3, 0.4) is 0 Å². The van der Waals surface area contributed by atoms with Crippen LogP contribution in [-0.2, 0) is 6.54 Å². The van der Waals surface area contributed by atoms with Crippen LogP contribution in [0.4, 0.5) is 0 Å². The van der Waals surface area contributed by atoms with Crippen LogP contribution >= 0.6 is 0 Å². The largest absolute Gasteiger partial charge is 0.345 e. The van der Waals surface area contributed by atoms with E-state index in [1.807, 2.05) is 84.9 Å². The molecule has 39 heavy (non-hydrogen) atoms. The number of piperazine rings is 1. The minimum atomic E-state index is -0.151. The highest BCUT2D eigenvalue weighted by molar-refractivity contribution is 6.08. The van der Waals surface area contributed by atoms with Crippen LogP contribution in [0.25, 0.3) is 16.5 Å². The molecule has 4 aromatic rings. The van der Waals surface area contributed by atoms with Crippen molar-refractivity contribution in [3.63, 3.8) is 0 Å². The van der Waals surface area contributed by atoms with E-state index >= 15 is 0 Å². The summed E-state index contributed by atoms with van der Waals surface area (Å²) in [7, 11) is 0. The van der Waals surface area contributed by atoms with E-state index in [9.17, 15) is 9.59 Å². The number of amides is 1. The lowest BCUT2D eigenvalue weighted by atomic mass is 9.99. The fourth-order valence-corrected chi connectivity index (χ4v) is 5.64. The molecule has 5 rings (SSSR count). The minimum absolute atomic E-state index is 0.0979. The number of carbonyl (C=O) groups is 1. The number of benzene rings is 3. The molecule has 0 radical (unpaired) electrons. The first-order valence-electron chi connectivity index (χ1n) is 14.0. The maximum atomic E-state index is 14.2. The van der Waals surface area contributed by atoms with E-state index in [1.165, 1.54) is 0 Å². The molecule has 0 saturated carbocycles. The number of rotatable bonds is 8. The molecule has 1 N–H and O–H groups in total. The van der Waals surface area contributed by atoms with Crippen molar-refractivity contribution in [3.05, 3.63) is 112 Å². The van der Waals surface area contributed by atoms with Gasteiger partial charge in [0.2, 0.25) is 0 Å². The third-order valence-corrected chi connectivity index (χ3v) is 7.86. The molecule has 0 spiro atoms. The Morgan fingerprint density at radius 2 is 1.41 bits per heavy atom. The summed E-state index contributed by atoms with van der Waals surface area (Å²) in [5, 5.41) is 4.56. The number of nitrogens with one attached hydrogen (secondary N) is 1. The van der Waals surface area contributed by atoms with E-state index in [4.69, 9.17) is 0 Å². The second kappa shape index (κ2) is 12.0. The average Bonchev–Trinajstić information content (AvgIpc) is 2.97. The second-order valence-corrected chi connectivity index (χ2v) is 10.6. The van der Waals surface area contributed by atoms with E-state index in [0.29, 0.717) is 28.9 Å². The van der Waals surface area contributed by atoms with Gasteiger partial charge in [-0.2, -0.15) is 0 Å². The average molecular weight is 523 g/mol.